The van der Waals surface area contributed by atoms with Crippen molar-refractivity contribution in [2.24, 2.45) is 0 Å². The second kappa shape index (κ2) is 9.53. The molecule has 2 aromatic rings. The second-order valence-electron chi connectivity index (χ2n) is 7.09. The molecule has 1 fully saturated rings. The van der Waals surface area contributed by atoms with Gasteiger partial charge in [0.15, 0.2) is 0 Å². The van der Waals surface area contributed by atoms with Crippen molar-refractivity contribution in [1.82, 2.24) is 9.62 Å². The highest BCUT2D eigenvalue weighted by molar-refractivity contribution is 7.89. The Bertz CT molecular complexity index is 1020. The van der Waals surface area contributed by atoms with Crippen LogP contribution in [0.3, 0.4) is 0 Å². The molecule has 0 radical (unpaired) electrons. The predicted molar refractivity (Wildman–Crippen MR) is 121 cm³/mol. The van der Waals surface area contributed by atoms with Crippen LogP contribution in [0, 0.1) is 0 Å². The van der Waals surface area contributed by atoms with Gasteiger partial charge in [-0.3, -0.25) is 4.79 Å². The number of anilines is 2. The number of hydrogen-bond donors (Lipinski definition) is 2. The van der Waals surface area contributed by atoms with E-state index in [1.165, 1.54) is 6.07 Å². The number of likely N-dealkylation sites (N-methyl/N-ethyl adjacent to an activating group) is 1. The molecule has 0 aromatic heterocycles. The molecule has 10 heteroatoms. The first-order chi connectivity index (χ1) is 14.2. The van der Waals surface area contributed by atoms with E-state index in [-0.39, 0.29) is 17.0 Å². The smallest absolute Gasteiger partial charge is 0.255 e. The summed E-state index contributed by atoms with van der Waals surface area (Å²) >= 11 is 12.0. The van der Waals surface area contributed by atoms with Crippen LogP contribution in [0.4, 0.5) is 11.4 Å². The number of sulfonamides is 1. The van der Waals surface area contributed by atoms with Crippen LogP contribution in [0.25, 0.3) is 0 Å². The molecule has 0 unspecified atom stereocenters. The molecule has 0 atom stereocenters. The van der Waals surface area contributed by atoms with E-state index in [1.807, 2.05) is 11.9 Å². The number of benzene rings is 2. The highest BCUT2D eigenvalue weighted by Crippen LogP contribution is 2.28. The molecule has 1 amide bonds. The Hall–Kier alpha value is -1.84. The summed E-state index contributed by atoms with van der Waals surface area (Å²) in [4.78, 5) is 17.1. The Balaban J connectivity index is 1.95. The zero-order chi connectivity index (χ0) is 21.9. The second-order valence-corrected chi connectivity index (χ2v) is 9.69. The summed E-state index contributed by atoms with van der Waals surface area (Å²) in [6, 6.07) is 9.42. The summed E-state index contributed by atoms with van der Waals surface area (Å²) in [6.45, 7) is 5.04. The quantitative estimate of drug-likeness (QED) is 0.676. The molecule has 7 nitrogen and oxygen atoms in total. The van der Waals surface area contributed by atoms with Crippen molar-refractivity contribution in [2.75, 3.05) is 50.0 Å². The summed E-state index contributed by atoms with van der Waals surface area (Å²) in [5, 5.41) is 3.49. The number of piperazine rings is 1. The van der Waals surface area contributed by atoms with Crippen molar-refractivity contribution in [2.45, 2.75) is 11.8 Å². The Labute approximate surface area is 187 Å². The molecule has 0 bridgehead atoms. The maximum absolute atomic E-state index is 12.9. The van der Waals surface area contributed by atoms with Crippen molar-refractivity contribution in [3.63, 3.8) is 0 Å². The maximum atomic E-state index is 12.9. The lowest BCUT2D eigenvalue weighted by atomic mass is 10.1. The number of carbonyl (C=O) groups excluding carboxylic acids is 1. The largest absolute Gasteiger partial charge is 0.368 e. The number of hydrogen-bond acceptors (Lipinski definition) is 5. The average molecular weight is 471 g/mol. The molecular weight excluding hydrogens is 447 g/mol. The van der Waals surface area contributed by atoms with Crippen LogP contribution < -0.4 is 14.9 Å². The van der Waals surface area contributed by atoms with E-state index in [0.29, 0.717) is 34.5 Å². The summed E-state index contributed by atoms with van der Waals surface area (Å²) in [5.41, 5.74) is 1.24. The van der Waals surface area contributed by atoms with Crippen LogP contribution in [-0.2, 0) is 10.0 Å². The molecule has 2 aromatic carbocycles. The number of amides is 1. The van der Waals surface area contributed by atoms with E-state index < -0.39 is 15.9 Å². The fourth-order valence-corrected chi connectivity index (χ4v) is 5.09. The molecule has 1 heterocycles. The molecule has 1 aliphatic heterocycles. The van der Waals surface area contributed by atoms with Gasteiger partial charge in [-0.05, 0) is 43.4 Å². The summed E-state index contributed by atoms with van der Waals surface area (Å²) in [6.07, 6.45) is 0. The van der Waals surface area contributed by atoms with Crippen molar-refractivity contribution >= 4 is 50.5 Å². The van der Waals surface area contributed by atoms with Crippen LogP contribution in [-0.4, -0.2) is 59.0 Å². The minimum atomic E-state index is -3.77. The van der Waals surface area contributed by atoms with Gasteiger partial charge in [-0.15, -0.1) is 0 Å². The lowest BCUT2D eigenvalue weighted by molar-refractivity contribution is 0.102. The molecule has 162 valence electrons. The monoisotopic (exact) mass is 470 g/mol. The van der Waals surface area contributed by atoms with Crippen molar-refractivity contribution in [3.8, 4) is 0 Å². The lowest BCUT2D eigenvalue weighted by Crippen LogP contribution is -2.45. The van der Waals surface area contributed by atoms with Crippen molar-refractivity contribution < 1.29 is 13.2 Å². The van der Waals surface area contributed by atoms with Crippen molar-refractivity contribution in [1.29, 1.82) is 0 Å². The third kappa shape index (κ3) is 5.44. The topological polar surface area (TPSA) is 81.7 Å². The van der Waals surface area contributed by atoms with Crippen LogP contribution >= 0.6 is 23.2 Å². The lowest BCUT2D eigenvalue weighted by Gasteiger charge is -2.35. The minimum absolute atomic E-state index is 0.0886. The zero-order valence-electron chi connectivity index (χ0n) is 16.8. The number of nitrogens with one attached hydrogen (secondary N) is 2. The van der Waals surface area contributed by atoms with Gasteiger partial charge in [0.1, 0.15) is 4.90 Å². The highest BCUT2D eigenvalue weighted by Gasteiger charge is 2.25. The normalized spacial score (nSPS) is 15.3. The van der Waals surface area contributed by atoms with E-state index in [1.54, 1.807) is 37.3 Å². The van der Waals surface area contributed by atoms with Gasteiger partial charge in [-0.2, -0.15) is 0 Å². The number of rotatable bonds is 6. The van der Waals surface area contributed by atoms with E-state index in [0.717, 1.165) is 13.1 Å². The Kier molecular flexibility index (Phi) is 7.26. The number of halogens is 2. The van der Waals surface area contributed by atoms with Gasteiger partial charge in [0, 0.05) is 54.0 Å². The van der Waals surface area contributed by atoms with Gasteiger partial charge in [-0.1, -0.05) is 30.1 Å². The fourth-order valence-electron chi connectivity index (χ4n) is 3.28. The van der Waals surface area contributed by atoms with Gasteiger partial charge in [0.25, 0.3) is 5.91 Å². The summed E-state index contributed by atoms with van der Waals surface area (Å²) < 4.78 is 28.3. The zero-order valence-corrected chi connectivity index (χ0v) is 19.1. The molecule has 0 spiro atoms. The van der Waals surface area contributed by atoms with E-state index >= 15 is 0 Å². The van der Waals surface area contributed by atoms with Gasteiger partial charge < -0.3 is 15.1 Å². The van der Waals surface area contributed by atoms with E-state index in [4.69, 9.17) is 23.2 Å². The molecule has 30 heavy (non-hydrogen) atoms. The third-order valence-corrected chi connectivity index (χ3v) is 6.82. The molecule has 1 aliphatic rings. The van der Waals surface area contributed by atoms with Gasteiger partial charge >= 0.3 is 0 Å². The predicted octanol–water partition coefficient (Wildman–Crippen LogP) is 3.30. The summed E-state index contributed by atoms with van der Waals surface area (Å²) in [5.74, 6) is -0.453. The third-order valence-electron chi connectivity index (χ3n) is 4.81. The molecule has 0 saturated carbocycles. The summed E-state index contributed by atoms with van der Waals surface area (Å²) in [7, 11) is -1.74. The number of carbonyl (C=O) groups is 1. The average Bonchev–Trinajstić information content (AvgIpc) is 2.67. The van der Waals surface area contributed by atoms with Crippen LogP contribution in [0.5, 0.6) is 0 Å². The van der Waals surface area contributed by atoms with Crippen LogP contribution in [0.2, 0.25) is 10.0 Å². The van der Waals surface area contributed by atoms with Crippen molar-refractivity contribution in [3.05, 3.63) is 52.0 Å². The molecule has 1 saturated heterocycles. The fraction of sp³-hybridized carbons (Fsp3) is 0.350. The van der Waals surface area contributed by atoms with Crippen LogP contribution in [0.1, 0.15) is 17.3 Å². The minimum Gasteiger partial charge on any atom is -0.368 e. The molecule has 0 aliphatic carbocycles. The SMILES string of the molecule is CCNS(=O)(=O)c1cc(C(=O)Nc2cc(Cl)cc(Cl)c2)ccc1N1CCN(C)CC1. The van der Waals surface area contributed by atoms with Gasteiger partial charge in [0.05, 0.1) is 5.69 Å². The first-order valence-corrected chi connectivity index (χ1v) is 11.8. The molecular formula is C20H24Cl2N4O3S. The maximum Gasteiger partial charge on any atom is 0.255 e. The highest BCUT2D eigenvalue weighted by atomic mass is 35.5. The van der Waals surface area contributed by atoms with Gasteiger partial charge in [0.2, 0.25) is 10.0 Å². The van der Waals surface area contributed by atoms with E-state index in [2.05, 4.69) is 14.9 Å². The molecule has 2 N–H and O–H groups in total. The first-order valence-electron chi connectivity index (χ1n) is 9.54. The molecule has 3 rings (SSSR count). The standard InChI is InChI=1S/C20H24Cl2N4O3S/c1-3-23-30(28,29)19-10-14(4-5-18(19)26-8-6-25(2)7-9-26)20(27)24-17-12-15(21)11-16(22)13-17/h4-5,10-13,23H,3,6-9H2,1-2H3,(H,24,27). The Morgan fingerprint density at radius 1 is 1.03 bits per heavy atom. The van der Waals surface area contributed by atoms with Gasteiger partial charge in [-0.25, -0.2) is 13.1 Å². The number of nitrogens with zero attached hydrogens (tertiary/aromatic N) is 2. The Morgan fingerprint density at radius 2 is 1.67 bits per heavy atom. The Morgan fingerprint density at radius 3 is 2.27 bits per heavy atom. The first kappa shape index (κ1) is 22.8. The van der Waals surface area contributed by atoms with Crippen LogP contribution in [0.15, 0.2) is 41.3 Å². The van der Waals surface area contributed by atoms with E-state index in [9.17, 15) is 13.2 Å².